The number of aryl methyl sites for hydroxylation is 1. The second-order valence-electron chi connectivity index (χ2n) is 9.62. The van der Waals surface area contributed by atoms with Crippen LogP contribution in [0.1, 0.15) is 62.5 Å². The van der Waals surface area contributed by atoms with Gasteiger partial charge in [-0.15, -0.1) is 0 Å². The summed E-state index contributed by atoms with van der Waals surface area (Å²) >= 11 is 0. The zero-order valence-corrected chi connectivity index (χ0v) is 20.8. The lowest BCUT2D eigenvalue weighted by Crippen LogP contribution is -2.20. The molecule has 1 aliphatic carbocycles. The van der Waals surface area contributed by atoms with Crippen molar-refractivity contribution in [1.29, 1.82) is 0 Å². The van der Waals surface area contributed by atoms with E-state index in [0.29, 0.717) is 30.6 Å². The normalized spacial score (nSPS) is 17.7. The molecule has 0 atom stereocenters. The molecule has 36 heavy (non-hydrogen) atoms. The molecule has 0 heterocycles. The first-order valence-electron chi connectivity index (χ1n) is 12.7. The van der Waals surface area contributed by atoms with E-state index in [2.05, 4.69) is 0 Å². The van der Waals surface area contributed by atoms with Crippen molar-refractivity contribution in [2.75, 3.05) is 13.2 Å². The van der Waals surface area contributed by atoms with Gasteiger partial charge in [0, 0.05) is 5.56 Å². The third kappa shape index (κ3) is 5.85. The van der Waals surface area contributed by atoms with Crippen LogP contribution in [0.3, 0.4) is 0 Å². The van der Waals surface area contributed by atoms with Gasteiger partial charge in [-0.05, 0) is 80.2 Å². The number of benzene rings is 3. The fraction of sp³-hybridized carbons (Fsp3) is 0.400. The zero-order chi connectivity index (χ0) is 25.7. The van der Waals surface area contributed by atoms with E-state index in [4.69, 9.17) is 9.47 Å². The Bertz CT molecular complexity index is 1170. The molecule has 0 bridgehead atoms. The van der Waals surface area contributed by atoms with Gasteiger partial charge in [-0.25, -0.2) is 8.78 Å². The van der Waals surface area contributed by atoms with E-state index < -0.39 is 23.3 Å². The number of rotatable bonds is 9. The Morgan fingerprint density at radius 3 is 2.06 bits per heavy atom. The van der Waals surface area contributed by atoms with Gasteiger partial charge < -0.3 is 9.47 Å². The van der Waals surface area contributed by atoms with Crippen molar-refractivity contribution in [2.24, 2.45) is 5.92 Å². The molecule has 0 aliphatic heterocycles. The van der Waals surface area contributed by atoms with E-state index in [9.17, 15) is 17.6 Å². The SMILES string of the molecule is CCCCOc1ccc(C2CCC(COc3ccc(-c4ccc(C)cc4)c(F)c3F)CC2)c(F)c1F. The van der Waals surface area contributed by atoms with Crippen LogP contribution < -0.4 is 9.47 Å². The van der Waals surface area contributed by atoms with Crippen molar-refractivity contribution < 1.29 is 27.0 Å². The molecule has 1 saturated carbocycles. The van der Waals surface area contributed by atoms with Crippen molar-refractivity contribution in [2.45, 2.75) is 58.3 Å². The predicted molar refractivity (Wildman–Crippen MR) is 133 cm³/mol. The van der Waals surface area contributed by atoms with Crippen LogP contribution in [0.2, 0.25) is 0 Å². The summed E-state index contributed by atoms with van der Waals surface area (Å²) in [5.74, 6) is -3.82. The first kappa shape index (κ1) is 26.1. The van der Waals surface area contributed by atoms with Gasteiger partial charge in [0.25, 0.3) is 0 Å². The quantitative estimate of drug-likeness (QED) is 0.216. The van der Waals surface area contributed by atoms with Crippen molar-refractivity contribution in [3.05, 3.63) is 82.9 Å². The van der Waals surface area contributed by atoms with Crippen LogP contribution in [0, 0.1) is 36.1 Å². The molecule has 1 fully saturated rings. The molecule has 0 saturated heterocycles. The maximum Gasteiger partial charge on any atom is 0.201 e. The number of hydrogen-bond acceptors (Lipinski definition) is 2. The summed E-state index contributed by atoms with van der Waals surface area (Å²) in [5.41, 5.74) is 2.20. The van der Waals surface area contributed by atoms with Crippen LogP contribution in [0.5, 0.6) is 11.5 Å². The third-order valence-electron chi connectivity index (χ3n) is 7.00. The van der Waals surface area contributed by atoms with Crippen LogP contribution in [0.15, 0.2) is 48.5 Å². The average molecular weight is 501 g/mol. The molecule has 4 rings (SSSR count). The van der Waals surface area contributed by atoms with Crippen molar-refractivity contribution >= 4 is 0 Å². The standard InChI is InChI=1S/C30H32F4O2/c1-3-4-17-35-25-15-13-24(27(31)29(25)33)22-11-7-20(8-12-22)18-36-26-16-14-23(28(32)30(26)34)21-9-5-19(2)6-10-21/h5-6,9-10,13-16,20,22H,3-4,7-8,11-12,17-18H2,1-2H3. The summed E-state index contributed by atoms with van der Waals surface area (Å²) in [6.45, 7) is 4.53. The fourth-order valence-corrected chi connectivity index (χ4v) is 4.75. The fourth-order valence-electron chi connectivity index (χ4n) is 4.75. The average Bonchev–Trinajstić information content (AvgIpc) is 2.89. The lowest BCUT2D eigenvalue weighted by atomic mass is 9.79. The molecule has 0 amide bonds. The van der Waals surface area contributed by atoms with Gasteiger partial charge in [-0.2, -0.15) is 8.78 Å². The highest BCUT2D eigenvalue weighted by Gasteiger charge is 2.27. The maximum atomic E-state index is 14.7. The van der Waals surface area contributed by atoms with E-state index in [0.717, 1.165) is 31.2 Å². The van der Waals surface area contributed by atoms with Gasteiger partial charge in [0.1, 0.15) is 0 Å². The minimum absolute atomic E-state index is 0.0468. The molecule has 192 valence electrons. The Hall–Kier alpha value is -3.02. The zero-order valence-electron chi connectivity index (χ0n) is 20.8. The van der Waals surface area contributed by atoms with Gasteiger partial charge in [-0.1, -0.05) is 49.2 Å². The largest absolute Gasteiger partial charge is 0.490 e. The van der Waals surface area contributed by atoms with Crippen molar-refractivity contribution in [3.8, 4) is 22.6 Å². The molecular weight excluding hydrogens is 468 g/mol. The lowest BCUT2D eigenvalue weighted by molar-refractivity contribution is 0.191. The molecule has 6 heteroatoms. The van der Waals surface area contributed by atoms with Crippen molar-refractivity contribution in [3.63, 3.8) is 0 Å². The molecule has 0 radical (unpaired) electrons. The Morgan fingerprint density at radius 1 is 0.722 bits per heavy atom. The molecule has 3 aromatic carbocycles. The molecule has 1 aliphatic rings. The van der Waals surface area contributed by atoms with Gasteiger partial charge >= 0.3 is 0 Å². The summed E-state index contributed by atoms with van der Waals surface area (Å²) in [5, 5.41) is 0. The predicted octanol–water partition coefficient (Wildman–Crippen LogP) is 8.75. The first-order chi connectivity index (χ1) is 17.4. The first-order valence-corrected chi connectivity index (χ1v) is 12.7. The van der Waals surface area contributed by atoms with Crippen LogP contribution >= 0.6 is 0 Å². The summed E-state index contributed by atoms with van der Waals surface area (Å²) < 4.78 is 69.6. The summed E-state index contributed by atoms with van der Waals surface area (Å²) in [6, 6.07) is 13.3. The van der Waals surface area contributed by atoms with E-state index >= 15 is 0 Å². The number of unbranched alkanes of at least 4 members (excludes halogenated alkanes) is 1. The monoisotopic (exact) mass is 500 g/mol. The van der Waals surface area contributed by atoms with E-state index in [1.54, 1.807) is 18.2 Å². The minimum atomic E-state index is -0.999. The van der Waals surface area contributed by atoms with E-state index in [1.807, 2.05) is 26.0 Å². The second-order valence-corrected chi connectivity index (χ2v) is 9.62. The molecule has 3 aromatic rings. The van der Waals surface area contributed by atoms with Crippen LogP contribution in [0.25, 0.3) is 11.1 Å². The van der Waals surface area contributed by atoms with Gasteiger partial charge in [0.05, 0.1) is 13.2 Å². The topological polar surface area (TPSA) is 18.5 Å². The van der Waals surface area contributed by atoms with Crippen molar-refractivity contribution in [1.82, 2.24) is 0 Å². The van der Waals surface area contributed by atoms with Crippen LogP contribution in [-0.4, -0.2) is 13.2 Å². The lowest BCUT2D eigenvalue weighted by Gasteiger charge is -2.29. The Kier molecular flexibility index (Phi) is 8.55. The number of ether oxygens (including phenoxy) is 2. The van der Waals surface area contributed by atoms with E-state index in [1.165, 1.54) is 18.2 Å². The minimum Gasteiger partial charge on any atom is -0.490 e. The van der Waals surface area contributed by atoms with Gasteiger partial charge in [0.2, 0.25) is 11.6 Å². The van der Waals surface area contributed by atoms with Crippen LogP contribution in [0.4, 0.5) is 17.6 Å². The molecule has 0 spiro atoms. The summed E-state index contributed by atoms with van der Waals surface area (Å²) in [4.78, 5) is 0. The summed E-state index contributed by atoms with van der Waals surface area (Å²) in [7, 11) is 0. The Balaban J connectivity index is 1.33. The summed E-state index contributed by atoms with van der Waals surface area (Å²) in [6.07, 6.45) is 4.49. The molecule has 0 N–H and O–H groups in total. The Labute approximate surface area is 210 Å². The molecule has 0 unspecified atom stereocenters. The molecule has 0 aromatic heterocycles. The number of halogens is 4. The van der Waals surface area contributed by atoms with Gasteiger partial charge in [-0.3, -0.25) is 0 Å². The second kappa shape index (κ2) is 11.8. The number of hydrogen-bond donors (Lipinski definition) is 0. The molecular formula is C30H32F4O2. The smallest absolute Gasteiger partial charge is 0.201 e. The highest BCUT2D eigenvalue weighted by molar-refractivity contribution is 5.65. The maximum absolute atomic E-state index is 14.7. The van der Waals surface area contributed by atoms with Crippen LogP contribution in [-0.2, 0) is 0 Å². The third-order valence-corrected chi connectivity index (χ3v) is 7.00. The highest BCUT2D eigenvalue weighted by Crippen LogP contribution is 2.39. The van der Waals surface area contributed by atoms with E-state index in [-0.39, 0.29) is 35.5 Å². The van der Waals surface area contributed by atoms with Gasteiger partial charge in [0.15, 0.2) is 23.1 Å². The Morgan fingerprint density at radius 2 is 1.36 bits per heavy atom. The molecule has 2 nitrogen and oxygen atoms in total. The highest BCUT2D eigenvalue weighted by atomic mass is 19.2.